The van der Waals surface area contributed by atoms with Gasteiger partial charge in [0.1, 0.15) is 0 Å². The minimum atomic E-state index is -4.54. The molecule has 0 radical (unpaired) electrons. The van der Waals surface area contributed by atoms with Gasteiger partial charge in [-0.1, -0.05) is 22.9 Å². The highest BCUT2D eigenvalue weighted by atomic mass is 79.9. The van der Waals surface area contributed by atoms with Crippen LogP contribution in [-0.2, 0) is 6.18 Å². The van der Waals surface area contributed by atoms with Gasteiger partial charge in [0.25, 0.3) is 5.91 Å². The summed E-state index contributed by atoms with van der Waals surface area (Å²) in [5, 5.41) is 0. The van der Waals surface area contributed by atoms with Crippen LogP contribution in [-0.4, -0.2) is 22.9 Å². The number of hydrogen-bond donors (Lipinski definition) is 0. The van der Waals surface area contributed by atoms with Gasteiger partial charge < -0.3 is 4.90 Å². The molecule has 1 aromatic carbocycles. The van der Waals surface area contributed by atoms with E-state index in [4.69, 9.17) is 0 Å². The molecule has 2 nitrogen and oxygen atoms in total. The highest BCUT2D eigenvalue weighted by Gasteiger charge is 2.40. The standard InChI is InChI=1S/C15H17BrF3NO/c1-3-11-6-4-9(2)20(11)14(21)12-7-5-10(16)8-13(12)15(17,18)19/h5,7-9,11H,3-4,6H2,1-2H3. The van der Waals surface area contributed by atoms with Gasteiger partial charge >= 0.3 is 6.18 Å². The minimum Gasteiger partial charge on any atom is -0.333 e. The average molecular weight is 364 g/mol. The van der Waals surface area contributed by atoms with E-state index in [-0.39, 0.29) is 17.6 Å². The van der Waals surface area contributed by atoms with E-state index in [1.54, 1.807) is 4.90 Å². The number of alkyl halides is 3. The largest absolute Gasteiger partial charge is 0.417 e. The van der Waals surface area contributed by atoms with Crippen LogP contribution in [0.2, 0.25) is 0 Å². The Morgan fingerprint density at radius 1 is 1.38 bits per heavy atom. The predicted octanol–water partition coefficient (Wildman–Crippen LogP) is 4.87. The Morgan fingerprint density at radius 3 is 2.62 bits per heavy atom. The number of nitrogens with zero attached hydrogens (tertiary/aromatic N) is 1. The summed E-state index contributed by atoms with van der Waals surface area (Å²) < 4.78 is 39.8. The van der Waals surface area contributed by atoms with Crippen molar-refractivity contribution in [2.24, 2.45) is 0 Å². The lowest BCUT2D eigenvalue weighted by Crippen LogP contribution is -2.40. The summed E-state index contributed by atoms with van der Waals surface area (Å²) in [5.74, 6) is -0.522. The zero-order valence-corrected chi connectivity index (χ0v) is 13.5. The second-order valence-corrected chi connectivity index (χ2v) is 6.30. The molecule has 0 saturated carbocycles. The van der Waals surface area contributed by atoms with Crippen LogP contribution in [0.4, 0.5) is 13.2 Å². The van der Waals surface area contributed by atoms with Crippen molar-refractivity contribution in [2.45, 2.75) is 51.4 Å². The number of carbonyl (C=O) groups excluding carboxylic acids is 1. The molecule has 0 aromatic heterocycles. The fourth-order valence-electron chi connectivity index (χ4n) is 2.92. The van der Waals surface area contributed by atoms with Crippen molar-refractivity contribution >= 4 is 21.8 Å². The smallest absolute Gasteiger partial charge is 0.333 e. The highest BCUT2D eigenvalue weighted by molar-refractivity contribution is 9.10. The fraction of sp³-hybridized carbons (Fsp3) is 0.533. The fourth-order valence-corrected chi connectivity index (χ4v) is 3.28. The number of likely N-dealkylation sites (tertiary alicyclic amines) is 1. The van der Waals surface area contributed by atoms with Gasteiger partial charge in [0.2, 0.25) is 0 Å². The molecule has 0 spiro atoms. The summed E-state index contributed by atoms with van der Waals surface area (Å²) >= 11 is 3.03. The van der Waals surface area contributed by atoms with Crippen LogP contribution < -0.4 is 0 Å². The van der Waals surface area contributed by atoms with E-state index in [1.807, 2.05) is 13.8 Å². The molecule has 1 aromatic rings. The summed E-state index contributed by atoms with van der Waals surface area (Å²) in [6.45, 7) is 3.84. The summed E-state index contributed by atoms with van der Waals surface area (Å²) in [6.07, 6.45) is -2.10. The number of carbonyl (C=O) groups is 1. The molecule has 2 unspecified atom stereocenters. The van der Waals surface area contributed by atoms with Gasteiger partial charge in [0.15, 0.2) is 0 Å². The SMILES string of the molecule is CCC1CCC(C)N1C(=O)c1ccc(Br)cc1C(F)(F)F. The van der Waals surface area contributed by atoms with E-state index in [9.17, 15) is 18.0 Å². The van der Waals surface area contributed by atoms with Crippen molar-refractivity contribution in [2.75, 3.05) is 0 Å². The number of hydrogen-bond acceptors (Lipinski definition) is 1. The molecule has 1 fully saturated rings. The third kappa shape index (κ3) is 3.25. The van der Waals surface area contributed by atoms with Gasteiger partial charge in [-0.05, 0) is 44.4 Å². The highest BCUT2D eigenvalue weighted by Crippen LogP contribution is 2.36. The third-order valence-electron chi connectivity index (χ3n) is 4.01. The van der Waals surface area contributed by atoms with E-state index >= 15 is 0 Å². The van der Waals surface area contributed by atoms with Crippen LogP contribution in [0, 0.1) is 0 Å². The van der Waals surface area contributed by atoms with E-state index in [0.717, 1.165) is 25.3 Å². The zero-order valence-electron chi connectivity index (χ0n) is 11.9. The maximum absolute atomic E-state index is 13.2. The number of rotatable bonds is 2. The van der Waals surface area contributed by atoms with Crippen LogP contribution in [0.5, 0.6) is 0 Å². The molecule has 2 rings (SSSR count). The van der Waals surface area contributed by atoms with Crippen LogP contribution >= 0.6 is 15.9 Å². The number of amides is 1. The molecular formula is C15H17BrF3NO. The van der Waals surface area contributed by atoms with Crippen molar-refractivity contribution in [3.05, 3.63) is 33.8 Å². The van der Waals surface area contributed by atoms with E-state index in [0.29, 0.717) is 4.47 Å². The van der Waals surface area contributed by atoms with Crippen molar-refractivity contribution in [1.82, 2.24) is 4.90 Å². The minimum absolute atomic E-state index is 0.0211. The Balaban J connectivity index is 2.44. The first-order valence-electron chi connectivity index (χ1n) is 6.95. The predicted molar refractivity (Wildman–Crippen MR) is 78.1 cm³/mol. The second kappa shape index (κ2) is 5.99. The molecule has 21 heavy (non-hydrogen) atoms. The molecule has 0 aliphatic carbocycles. The zero-order chi connectivity index (χ0) is 15.8. The van der Waals surface area contributed by atoms with Crippen LogP contribution in [0.3, 0.4) is 0 Å². The quantitative estimate of drug-likeness (QED) is 0.733. The summed E-state index contributed by atoms with van der Waals surface area (Å²) in [6, 6.07) is 3.70. The van der Waals surface area contributed by atoms with Gasteiger partial charge in [-0.3, -0.25) is 4.79 Å². The normalized spacial score (nSPS) is 22.7. The number of halogens is 4. The van der Waals surface area contributed by atoms with Gasteiger partial charge in [-0.25, -0.2) is 0 Å². The van der Waals surface area contributed by atoms with E-state index < -0.39 is 17.6 Å². The van der Waals surface area contributed by atoms with Gasteiger partial charge in [0, 0.05) is 16.6 Å². The van der Waals surface area contributed by atoms with E-state index in [1.165, 1.54) is 12.1 Å². The van der Waals surface area contributed by atoms with Crippen molar-refractivity contribution in [1.29, 1.82) is 0 Å². The molecule has 0 bridgehead atoms. The van der Waals surface area contributed by atoms with E-state index in [2.05, 4.69) is 15.9 Å². The average Bonchev–Trinajstić information content (AvgIpc) is 2.78. The number of benzene rings is 1. The van der Waals surface area contributed by atoms with Crippen molar-refractivity contribution < 1.29 is 18.0 Å². The summed E-state index contributed by atoms with van der Waals surface area (Å²) in [7, 11) is 0. The second-order valence-electron chi connectivity index (χ2n) is 5.39. The molecule has 0 N–H and O–H groups in total. The first-order chi connectivity index (χ1) is 9.75. The summed E-state index contributed by atoms with van der Waals surface area (Å²) in [4.78, 5) is 14.2. The maximum atomic E-state index is 13.2. The molecular weight excluding hydrogens is 347 g/mol. The Labute approximate surface area is 130 Å². The van der Waals surface area contributed by atoms with Gasteiger partial charge in [-0.15, -0.1) is 0 Å². The first kappa shape index (κ1) is 16.3. The molecule has 1 amide bonds. The topological polar surface area (TPSA) is 20.3 Å². The Hall–Kier alpha value is -1.04. The molecule has 1 aliphatic heterocycles. The first-order valence-corrected chi connectivity index (χ1v) is 7.74. The molecule has 6 heteroatoms. The monoisotopic (exact) mass is 363 g/mol. The van der Waals surface area contributed by atoms with Gasteiger partial charge in [-0.2, -0.15) is 13.2 Å². The van der Waals surface area contributed by atoms with Crippen LogP contribution in [0.15, 0.2) is 22.7 Å². The molecule has 1 heterocycles. The lowest BCUT2D eigenvalue weighted by atomic mass is 10.0. The molecule has 1 aliphatic rings. The summed E-state index contributed by atoms with van der Waals surface area (Å²) in [5.41, 5.74) is -1.14. The third-order valence-corrected chi connectivity index (χ3v) is 4.50. The van der Waals surface area contributed by atoms with Gasteiger partial charge in [0.05, 0.1) is 11.1 Å². The lowest BCUT2D eigenvalue weighted by Gasteiger charge is -2.29. The molecule has 1 saturated heterocycles. The Morgan fingerprint density at radius 2 is 2.05 bits per heavy atom. The lowest BCUT2D eigenvalue weighted by molar-refractivity contribution is -0.138. The Bertz CT molecular complexity index is 544. The van der Waals surface area contributed by atoms with Crippen molar-refractivity contribution in [3.63, 3.8) is 0 Å². The molecule has 2 atom stereocenters. The van der Waals surface area contributed by atoms with Crippen molar-refractivity contribution in [3.8, 4) is 0 Å². The Kier molecular flexibility index (Phi) is 4.66. The molecule has 116 valence electrons. The van der Waals surface area contributed by atoms with Crippen LogP contribution in [0.25, 0.3) is 0 Å². The van der Waals surface area contributed by atoms with Crippen LogP contribution in [0.1, 0.15) is 49.0 Å². The maximum Gasteiger partial charge on any atom is 0.417 e.